The third-order valence-corrected chi connectivity index (χ3v) is 3.43. The van der Waals surface area contributed by atoms with E-state index in [0.29, 0.717) is 0 Å². The van der Waals surface area contributed by atoms with Crippen molar-refractivity contribution in [2.24, 2.45) is 0 Å². The molecule has 0 radical (unpaired) electrons. The van der Waals surface area contributed by atoms with Gasteiger partial charge in [0.1, 0.15) is 5.82 Å². The van der Waals surface area contributed by atoms with Gasteiger partial charge in [0.2, 0.25) is 0 Å². The Balaban J connectivity index is 2.54. The molecule has 0 aliphatic heterocycles. The lowest BCUT2D eigenvalue weighted by atomic mass is 9.92. The minimum atomic E-state index is -0.140. The number of halogens is 1. The average Bonchev–Trinajstić information content (AvgIpc) is 2.33. The molecular weight excluding hydrogens is 237 g/mol. The Morgan fingerprint density at radius 2 is 1.74 bits per heavy atom. The van der Waals surface area contributed by atoms with Gasteiger partial charge >= 0.3 is 0 Å². The van der Waals surface area contributed by atoms with Crippen LogP contribution in [0, 0.1) is 26.6 Å². The second-order valence-corrected chi connectivity index (χ2v) is 5.11. The predicted molar refractivity (Wildman–Crippen MR) is 78.0 cm³/mol. The standard InChI is InChI=1S/C17H20FN/c1-11-6-5-7-14(9-11)17(19-4)16-13(3)8-12(2)10-15(16)18/h5-10,17,19H,1-4H3. The monoisotopic (exact) mass is 257 g/mol. The van der Waals surface area contributed by atoms with E-state index in [2.05, 4.69) is 24.4 Å². The lowest BCUT2D eigenvalue weighted by Gasteiger charge is -2.21. The van der Waals surface area contributed by atoms with Crippen molar-refractivity contribution in [3.05, 3.63) is 70.0 Å². The molecule has 1 N–H and O–H groups in total. The molecule has 0 bridgehead atoms. The first-order chi connectivity index (χ1) is 9.02. The highest BCUT2D eigenvalue weighted by Crippen LogP contribution is 2.28. The molecule has 0 aliphatic rings. The van der Waals surface area contributed by atoms with Crippen molar-refractivity contribution >= 4 is 0 Å². The van der Waals surface area contributed by atoms with Gasteiger partial charge in [-0.2, -0.15) is 0 Å². The second kappa shape index (κ2) is 5.54. The quantitative estimate of drug-likeness (QED) is 0.874. The Morgan fingerprint density at radius 1 is 1.00 bits per heavy atom. The first-order valence-corrected chi connectivity index (χ1v) is 6.53. The molecule has 0 amide bonds. The van der Waals surface area contributed by atoms with E-state index in [-0.39, 0.29) is 11.9 Å². The maximum atomic E-state index is 14.3. The molecule has 0 spiro atoms. The highest BCUT2D eigenvalue weighted by Gasteiger charge is 2.18. The van der Waals surface area contributed by atoms with E-state index in [1.165, 1.54) is 5.56 Å². The van der Waals surface area contributed by atoms with Crippen molar-refractivity contribution in [3.63, 3.8) is 0 Å². The largest absolute Gasteiger partial charge is 0.309 e. The minimum absolute atomic E-state index is 0.111. The summed E-state index contributed by atoms with van der Waals surface area (Å²) in [6.45, 7) is 5.93. The molecule has 0 saturated carbocycles. The van der Waals surface area contributed by atoms with Gasteiger partial charge in [-0.05, 0) is 50.6 Å². The zero-order valence-electron chi connectivity index (χ0n) is 11.9. The summed E-state index contributed by atoms with van der Waals surface area (Å²) in [4.78, 5) is 0. The summed E-state index contributed by atoms with van der Waals surface area (Å²) >= 11 is 0. The zero-order chi connectivity index (χ0) is 14.0. The molecule has 0 saturated heterocycles. The average molecular weight is 257 g/mol. The highest BCUT2D eigenvalue weighted by molar-refractivity contribution is 5.40. The molecule has 1 atom stereocenters. The number of rotatable bonds is 3. The Hall–Kier alpha value is -1.67. The summed E-state index contributed by atoms with van der Waals surface area (Å²) in [5.41, 5.74) is 4.95. The van der Waals surface area contributed by atoms with Crippen LogP contribution in [-0.2, 0) is 0 Å². The van der Waals surface area contributed by atoms with Crippen molar-refractivity contribution in [3.8, 4) is 0 Å². The van der Waals surface area contributed by atoms with Crippen LogP contribution >= 0.6 is 0 Å². The summed E-state index contributed by atoms with van der Waals surface area (Å²) in [7, 11) is 1.87. The van der Waals surface area contributed by atoms with E-state index in [9.17, 15) is 4.39 Å². The van der Waals surface area contributed by atoms with E-state index in [4.69, 9.17) is 0 Å². The molecule has 2 rings (SSSR count). The fourth-order valence-electron chi connectivity index (χ4n) is 2.62. The summed E-state index contributed by atoms with van der Waals surface area (Å²) in [6.07, 6.45) is 0. The molecule has 2 aromatic carbocycles. The van der Waals surface area contributed by atoms with Gasteiger partial charge < -0.3 is 5.32 Å². The normalized spacial score (nSPS) is 12.5. The Kier molecular flexibility index (Phi) is 4.01. The van der Waals surface area contributed by atoms with Gasteiger partial charge in [0.15, 0.2) is 0 Å². The fourth-order valence-corrected chi connectivity index (χ4v) is 2.62. The third kappa shape index (κ3) is 2.85. The maximum Gasteiger partial charge on any atom is 0.128 e. The lowest BCUT2D eigenvalue weighted by Crippen LogP contribution is -2.20. The number of hydrogen-bond donors (Lipinski definition) is 1. The fraction of sp³-hybridized carbons (Fsp3) is 0.294. The Labute approximate surface area is 114 Å². The van der Waals surface area contributed by atoms with Crippen LogP contribution in [0.3, 0.4) is 0 Å². The summed E-state index contributed by atoms with van der Waals surface area (Å²) < 4.78 is 14.3. The minimum Gasteiger partial charge on any atom is -0.309 e. The second-order valence-electron chi connectivity index (χ2n) is 5.11. The number of benzene rings is 2. The highest BCUT2D eigenvalue weighted by atomic mass is 19.1. The third-order valence-electron chi connectivity index (χ3n) is 3.43. The smallest absolute Gasteiger partial charge is 0.128 e. The maximum absolute atomic E-state index is 14.3. The van der Waals surface area contributed by atoms with Crippen LogP contribution in [0.1, 0.15) is 33.9 Å². The Bertz CT molecular complexity index is 567. The van der Waals surface area contributed by atoms with Crippen molar-refractivity contribution < 1.29 is 4.39 Å². The number of aryl methyl sites for hydroxylation is 3. The van der Waals surface area contributed by atoms with Crippen LogP contribution in [0.25, 0.3) is 0 Å². The van der Waals surface area contributed by atoms with Gasteiger partial charge in [-0.25, -0.2) is 4.39 Å². The molecule has 0 aliphatic carbocycles. The number of nitrogens with one attached hydrogen (secondary N) is 1. The van der Waals surface area contributed by atoms with Gasteiger partial charge in [0, 0.05) is 5.56 Å². The summed E-state index contributed by atoms with van der Waals surface area (Å²) in [5.74, 6) is -0.140. The topological polar surface area (TPSA) is 12.0 Å². The first-order valence-electron chi connectivity index (χ1n) is 6.53. The lowest BCUT2D eigenvalue weighted by molar-refractivity contribution is 0.572. The molecule has 1 unspecified atom stereocenters. The first kappa shape index (κ1) is 13.8. The van der Waals surface area contributed by atoms with Crippen LogP contribution in [0.2, 0.25) is 0 Å². The molecule has 100 valence electrons. The predicted octanol–water partition coefficient (Wildman–Crippen LogP) is 4.06. The molecule has 1 nitrogen and oxygen atoms in total. The molecule has 0 fully saturated rings. The van der Waals surface area contributed by atoms with Gasteiger partial charge in [0.25, 0.3) is 0 Å². The summed E-state index contributed by atoms with van der Waals surface area (Å²) in [5, 5.41) is 3.22. The van der Waals surface area contributed by atoms with Gasteiger partial charge in [-0.1, -0.05) is 35.9 Å². The van der Waals surface area contributed by atoms with Crippen LogP contribution in [0.5, 0.6) is 0 Å². The molecular formula is C17H20FN. The van der Waals surface area contributed by atoms with Crippen molar-refractivity contribution in [1.29, 1.82) is 0 Å². The van der Waals surface area contributed by atoms with Crippen LogP contribution < -0.4 is 5.32 Å². The van der Waals surface area contributed by atoms with Crippen LogP contribution in [0.4, 0.5) is 4.39 Å². The van der Waals surface area contributed by atoms with E-state index < -0.39 is 0 Å². The summed E-state index contributed by atoms with van der Waals surface area (Å²) in [6, 6.07) is 11.7. The van der Waals surface area contributed by atoms with Crippen LogP contribution in [0.15, 0.2) is 36.4 Å². The molecule has 2 heteroatoms. The van der Waals surface area contributed by atoms with Gasteiger partial charge in [-0.3, -0.25) is 0 Å². The van der Waals surface area contributed by atoms with Crippen LogP contribution in [-0.4, -0.2) is 7.05 Å². The van der Waals surface area contributed by atoms with Gasteiger partial charge in [0.05, 0.1) is 6.04 Å². The van der Waals surface area contributed by atoms with Gasteiger partial charge in [-0.15, -0.1) is 0 Å². The van der Waals surface area contributed by atoms with Crippen molar-refractivity contribution in [2.75, 3.05) is 7.05 Å². The van der Waals surface area contributed by atoms with Crippen molar-refractivity contribution in [2.45, 2.75) is 26.8 Å². The molecule has 19 heavy (non-hydrogen) atoms. The molecule has 0 heterocycles. The SMILES string of the molecule is CNC(c1cccc(C)c1)c1c(C)cc(C)cc1F. The van der Waals surface area contributed by atoms with E-state index in [1.807, 2.05) is 39.1 Å². The number of hydrogen-bond acceptors (Lipinski definition) is 1. The van der Waals surface area contributed by atoms with E-state index >= 15 is 0 Å². The van der Waals surface area contributed by atoms with Crippen molar-refractivity contribution in [1.82, 2.24) is 5.32 Å². The van der Waals surface area contributed by atoms with E-state index in [1.54, 1.807) is 6.07 Å². The molecule has 2 aromatic rings. The molecule has 0 aromatic heterocycles. The Morgan fingerprint density at radius 3 is 2.32 bits per heavy atom. The zero-order valence-corrected chi connectivity index (χ0v) is 11.9. The van der Waals surface area contributed by atoms with E-state index in [0.717, 1.165) is 22.3 Å².